The highest BCUT2D eigenvalue weighted by molar-refractivity contribution is 7.11. The number of aryl methyl sites for hydroxylation is 1. The molecule has 20 heavy (non-hydrogen) atoms. The van der Waals surface area contributed by atoms with E-state index in [4.69, 9.17) is 5.73 Å². The van der Waals surface area contributed by atoms with Gasteiger partial charge < -0.3 is 11.1 Å². The molecule has 1 heterocycles. The summed E-state index contributed by atoms with van der Waals surface area (Å²) in [6.07, 6.45) is 0.749. The van der Waals surface area contributed by atoms with Crippen LogP contribution in [0.2, 0.25) is 0 Å². The summed E-state index contributed by atoms with van der Waals surface area (Å²) in [4.78, 5) is 14.5. The number of nitrogens with one attached hydrogen (secondary N) is 1. The first-order valence-corrected chi connectivity index (χ1v) is 7.19. The predicted octanol–water partition coefficient (Wildman–Crippen LogP) is 3.14. The molecule has 0 aliphatic carbocycles. The van der Waals surface area contributed by atoms with Crippen molar-refractivity contribution in [3.05, 3.63) is 51.5 Å². The van der Waals surface area contributed by atoms with Crippen LogP contribution in [0.4, 0.5) is 10.1 Å². The van der Waals surface area contributed by atoms with Gasteiger partial charge in [0.05, 0.1) is 11.3 Å². The number of nitrogen functional groups attached to an aromatic ring is 1. The molecule has 0 aliphatic rings. The first-order chi connectivity index (χ1) is 9.47. The van der Waals surface area contributed by atoms with Crippen LogP contribution < -0.4 is 11.1 Å². The minimum Gasteiger partial charge on any atom is -0.396 e. The fraction of sp³-hybridized carbons (Fsp3) is 0.267. The van der Waals surface area contributed by atoms with Gasteiger partial charge in [-0.3, -0.25) is 4.79 Å². The molecule has 1 aromatic heterocycles. The van der Waals surface area contributed by atoms with Gasteiger partial charge in [-0.25, -0.2) is 4.39 Å². The quantitative estimate of drug-likeness (QED) is 0.851. The molecule has 0 fully saturated rings. The SMILES string of the molecule is Cc1ccc(CC(C)NC(=O)c2cccc(F)c2N)s1. The van der Waals surface area contributed by atoms with Crippen LogP contribution in [0, 0.1) is 12.7 Å². The number of halogens is 1. The molecule has 0 aliphatic heterocycles. The number of hydrogen-bond acceptors (Lipinski definition) is 3. The van der Waals surface area contributed by atoms with E-state index in [0.29, 0.717) is 0 Å². The summed E-state index contributed by atoms with van der Waals surface area (Å²) in [5.74, 6) is -0.915. The highest BCUT2D eigenvalue weighted by Crippen LogP contribution is 2.18. The number of rotatable bonds is 4. The van der Waals surface area contributed by atoms with E-state index in [0.717, 1.165) is 6.42 Å². The minimum atomic E-state index is -0.570. The van der Waals surface area contributed by atoms with Crippen LogP contribution in [0.15, 0.2) is 30.3 Å². The smallest absolute Gasteiger partial charge is 0.253 e. The maximum Gasteiger partial charge on any atom is 0.253 e. The van der Waals surface area contributed by atoms with Crippen LogP contribution in [0.1, 0.15) is 27.0 Å². The molecule has 0 saturated carbocycles. The molecule has 2 aromatic rings. The standard InChI is InChI=1S/C15H17FN2OS/c1-9(8-11-7-6-10(2)20-11)18-15(19)12-4-3-5-13(16)14(12)17/h3-7,9H,8,17H2,1-2H3,(H,18,19). The molecule has 1 amide bonds. The highest BCUT2D eigenvalue weighted by Gasteiger charge is 2.15. The normalized spacial score (nSPS) is 12.2. The lowest BCUT2D eigenvalue weighted by Crippen LogP contribution is -2.34. The van der Waals surface area contributed by atoms with Gasteiger partial charge in [0.25, 0.3) is 5.91 Å². The molecule has 3 nitrogen and oxygen atoms in total. The second-order valence-electron chi connectivity index (χ2n) is 4.79. The van der Waals surface area contributed by atoms with Crippen LogP contribution >= 0.6 is 11.3 Å². The monoisotopic (exact) mass is 292 g/mol. The Hall–Kier alpha value is -1.88. The fourth-order valence-corrected chi connectivity index (χ4v) is 3.00. The van der Waals surface area contributed by atoms with E-state index < -0.39 is 5.82 Å². The Balaban J connectivity index is 2.02. The van der Waals surface area contributed by atoms with Crippen LogP contribution in [0.25, 0.3) is 0 Å². The van der Waals surface area contributed by atoms with Crippen molar-refractivity contribution < 1.29 is 9.18 Å². The number of para-hydroxylation sites is 1. The van der Waals surface area contributed by atoms with E-state index in [-0.39, 0.29) is 23.2 Å². The van der Waals surface area contributed by atoms with Crippen molar-refractivity contribution in [1.82, 2.24) is 5.32 Å². The van der Waals surface area contributed by atoms with Gasteiger partial charge in [-0.1, -0.05) is 6.07 Å². The number of amides is 1. The molecule has 0 saturated heterocycles. The molecule has 1 aromatic carbocycles. The number of carbonyl (C=O) groups excluding carboxylic acids is 1. The molecular weight excluding hydrogens is 275 g/mol. The van der Waals surface area contributed by atoms with Crippen molar-refractivity contribution in [2.24, 2.45) is 0 Å². The van der Waals surface area contributed by atoms with Gasteiger partial charge in [0, 0.05) is 22.2 Å². The zero-order chi connectivity index (χ0) is 14.7. The zero-order valence-electron chi connectivity index (χ0n) is 11.4. The fourth-order valence-electron chi connectivity index (χ4n) is 1.98. The molecule has 5 heteroatoms. The Kier molecular flexibility index (Phi) is 4.39. The van der Waals surface area contributed by atoms with E-state index >= 15 is 0 Å². The zero-order valence-corrected chi connectivity index (χ0v) is 12.3. The Morgan fingerprint density at radius 3 is 2.80 bits per heavy atom. The number of thiophene rings is 1. The third-order valence-electron chi connectivity index (χ3n) is 2.98. The molecule has 0 bridgehead atoms. The summed E-state index contributed by atoms with van der Waals surface area (Å²) in [6, 6.07) is 8.31. The van der Waals surface area contributed by atoms with E-state index in [1.165, 1.54) is 28.0 Å². The number of hydrogen-bond donors (Lipinski definition) is 2. The largest absolute Gasteiger partial charge is 0.396 e. The van der Waals surface area contributed by atoms with Crippen molar-refractivity contribution in [3.63, 3.8) is 0 Å². The Morgan fingerprint density at radius 1 is 1.40 bits per heavy atom. The summed E-state index contributed by atoms with van der Waals surface area (Å²) in [5, 5.41) is 2.84. The minimum absolute atomic E-state index is 0.0387. The molecule has 0 spiro atoms. The van der Waals surface area contributed by atoms with Crippen LogP contribution in [0.3, 0.4) is 0 Å². The first kappa shape index (κ1) is 14.5. The van der Waals surface area contributed by atoms with Crippen molar-refractivity contribution in [3.8, 4) is 0 Å². The van der Waals surface area contributed by atoms with Gasteiger partial charge >= 0.3 is 0 Å². The second kappa shape index (κ2) is 6.05. The van der Waals surface area contributed by atoms with Gasteiger partial charge in [-0.05, 0) is 38.1 Å². The lowest BCUT2D eigenvalue weighted by Gasteiger charge is -2.14. The molecule has 3 N–H and O–H groups in total. The van der Waals surface area contributed by atoms with Gasteiger partial charge in [0.2, 0.25) is 0 Å². The topological polar surface area (TPSA) is 55.1 Å². The maximum absolute atomic E-state index is 13.3. The van der Waals surface area contributed by atoms with E-state index in [1.54, 1.807) is 11.3 Å². The van der Waals surface area contributed by atoms with Crippen LogP contribution in [0.5, 0.6) is 0 Å². The van der Waals surface area contributed by atoms with Crippen molar-refractivity contribution in [1.29, 1.82) is 0 Å². The van der Waals surface area contributed by atoms with Gasteiger partial charge in [0.1, 0.15) is 5.82 Å². The Morgan fingerprint density at radius 2 is 2.15 bits per heavy atom. The number of carbonyl (C=O) groups is 1. The third-order valence-corrected chi connectivity index (χ3v) is 4.00. The highest BCUT2D eigenvalue weighted by atomic mass is 32.1. The number of nitrogens with two attached hydrogens (primary N) is 1. The maximum atomic E-state index is 13.3. The molecule has 2 rings (SSSR count). The molecule has 0 radical (unpaired) electrons. The molecule has 1 unspecified atom stereocenters. The number of anilines is 1. The third kappa shape index (κ3) is 3.36. The van der Waals surface area contributed by atoms with E-state index in [1.807, 2.05) is 13.8 Å². The summed E-state index contributed by atoms with van der Waals surface area (Å²) in [7, 11) is 0. The van der Waals surface area contributed by atoms with E-state index in [9.17, 15) is 9.18 Å². The lowest BCUT2D eigenvalue weighted by molar-refractivity contribution is 0.0941. The Bertz CT molecular complexity index is 624. The van der Waals surface area contributed by atoms with Gasteiger partial charge in [-0.2, -0.15) is 0 Å². The molecule has 1 atom stereocenters. The summed E-state index contributed by atoms with van der Waals surface area (Å²) in [6.45, 7) is 3.97. The second-order valence-corrected chi connectivity index (χ2v) is 6.16. The van der Waals surface area contributed by atoms with E-state index in [2.05, 4.69) is 17.4 Å². The number of benzene rings is 1. The summed E-state index contributed by atoms with van der Waals surface area (Å²) >= 11 is 1.71. The average Bonchev–Trinajstić information content (AvgIpc) is 2.77. The lowest BCUT2D eigenvalue weighted by atomic mass is 10.1. The van der Waals surface area contributed by atoms with Crippen molar-refractivity contribution >= 4 is 22.9 Å². The van der Waals surface area contributed by atoms with Crippen LogP contribution in [-0.2, 0) is 6.42 Å². The van der Waals surface area contributed by atoms with Gasteiger partial charge in [0.15, 0.2) is 0 Å². The van der Waals surface area contributed by atoms with Gasteiger partial charge in [-0.15, -0.1) is 11.3 Å². The average molecular weight is 292 g/mol. The predicted molar refractivity (Wildman–Crippen MR) is 80.5 cm³/mol. The Labute approximate surface area is 121 Å². The van der Waals surface area contributed by atoms with Crippen LogP contribution in [-0.4, -0.2) is 11.9 Å². The summed E-state index contributed by atoms with van der Waals surface area (Å²) < 4.78 is 13.3. The molecular formula is C15H17FN2OS. The van der Waals surface area contributed by atoms with Crippen molar-refractivity contribution in [2.75, 3.05) is 5.73 Å². The van der Waals surface area contributed by atoms with Crippen molar-refractivity contribution in [2.45, 2.75) is 26.3 Å². The molecule has 106 valence electrons. The first-order valence-electron chi connectivity index (χ1n) is 6.37. The summed E-state index contributed by atoms with van der Waals surface area (Å²) in [5.41, 5.74) is 5.65.